The fraction of sp³-hybridized carbons (Fsp3) is 0.174. The number of nitrogens with one attached hydrogen (secondary N) is 1. The molecule has 0 radical (unpaired) electrons. The van der Waals surface area contributed by atoms with Crippen LogP contribution in [0.2, 0.25) is 5.02 Å². The zero-order valence-corrected chi connectivity index (χ0v) is 16.2. The van der Waals surface area contributed by atoms with Crippen LogP contribution in [-0.4, -0.2) is 12.1 Å². The highest BCUT2D eigenvalue weighted by atomic mass is 35.5. The highest BCUT2D eigenvalue weighted by Gasteiger charge is 2.11. The fourth-order valence-corrected chi connectivity index (χ4v) is 3.46. The van der Waals surface area contributed by atoms with Crippen LogP contribution in [0.5, 0.6) is 5.75 Å². The average Bonchev–Trinajstić information content (AvgIpc) is 2.71. The highest BCUT2D eigenvalue weighted by molar-refractivity contribution is 6.31. The number of fused-ring (bicyclic) bond motifs is 2. The molecule has 3 nitrogen and oxygen atoms in total. The van der Waals surface area contributed by atoms with Crippen LogP contribution in [0.15, 0.2) is 60.7 Å². The van der Waals surface area contributed by atoms with Crippen LogP contribution in [0.1, 0.15) is 18.1 Å². The number of nitrogens with zero attached hydrogens (tertiary/aromatic N) is 1. The monoisotopic (exact) mass is 376 g/mol. The molecule has 0 atom stereocenters. The highest BCUT2D eigenvalue weighted by Crippen LogP contribution is 2.34. The Balaban J connectivity index is 1.81. The maximum Gasteiger partial charge on any atom is 0.119 e. The van der Waals surface area contributed by atoms with E-state index < -0.39 is 0 Å². The zero-order chi connectivity index (χ0) is 18.8. The van der Waals surface area contributed by atoms with Gasteiger partial charge in [0, 0.05) is 22.3 Å². The molecule has 0 saturated heterocycles. The summed E-state index contributed by atoms with van der Waals surface area (Å²) in [7, 11) is 1.68. The topological polar surface area (TPSA) is 34.2 Å². The number of benzene rings is 3. The van der Waals surface area contributed by atoms with E-state index in [0.717, 1.165) is 46.2 Å². The van der Waals surface area contributed by atoms with Crippen molar-refractivity contribution in [3.63, 3.8) is 0 Å². The summed E-state index contributed by atoms with van der Waals surface area (Å²) in [5, 5.41) is 6.38. The average molecular weight is 377 g/mol. The third-order valence-corrected chi connectivity index (χ3v) is 5.08. The van der Waals surface area contributed by atoms with Gasteiger partial charge in [0.05, 0.1) is 23.8 Å². The molecule has 0 fully saturated rings. The van der Waals surface area contributed by atoms with E-state index in [-0.39, 0.29) is 0 Å². The fourth-order valence-electron chi connectivity index (χ4n) is 3.30. The zero-order valence-electron chi connectivity index (χ0n) is 15.4. The summed E-state index contributed by atoms with van der Waals surface area (Å²) >= 11 is 6.19. The molecule has 0 unspecified atom stereocenters. The van der Waals surface area contributed by atoms with Crippen molar-refractivity contribution >= 4 is 39.1 Å². The van der Waals surface area contributed by atoms with Crippen molar-refractivity contribution in [1.82, 2.24) is 4.98 Å². The molecule has 136 valence electrons. The van der Waals surface area contributed by atoms with Crippen molar-refractivity contribution in [2.24, 2.45) is 0 Å². The van der Waals surface area contributed by atoms with E-state index in [4.69, 9.17) is 21.3 Å². The summed E-state index contributed by atoms with van der Waals surface area (Å²) < 4.78 is 5.42. The van der Waals surface area contributed by atoms with Gasteiger partial charge in [-0.2, -0.15) is 0 Å². The van der Waals surface area contributed by atoms with Gasteiger partial charge in [0.1, 0.15) is 5.75 Å². The van der Waals surface area contributed by atoms with Gasteiger partial charge in [0.25, 0.3) is 0 Å². The number of ether oxygens (including phenoxy) is 1. The summed E-state index contributed by atoms with van der Waals surface area (Å²) in [5.41, 5.74) is 5.42. The van der Waals surface area contributed by atoms with Gasteiger partial charge >= 0.3 is 0 Å². The summed E-state index contributed by atoms with van der Waals surface area (Å²) in [6.07, 6.45) is 1.05. The van der Waals surface area contributed by atoms with Gasteiger partial charge in [-0.3, -0.25) is 0 Å². The van der Waals surface area contributed by atoms with E-state index in [1.54, 1.807) is 7.11 Å². The number of aromatic nitrogens is 1. The number of hydrogen-bond donors (Lipinski definition) is 1. The lowest BCUT2D eigenvalue weighted by molar-refractivity contribution is 0.415. The molecule has 0 aliphatic carbocycles. The van der Waals surface area contributed by atoms with E-state index in [2.05, 4.69) is 36.5 Å². The standard InChI is InChI=1S/C23H21ClN2O/c1-3-15-4-6-16(7-5-15)14-25-23-19-10-8-17(24)12-22(19)26-21-11-9-18(27-2)13-20(21)23/h4-13H,3,14H2,1-2H3,(H,25,26). The number of methoxy groups -OCH3 is 1. The lowest BCUT2D eigenvalue weighted by atomic mass is 10.1. The quantitative estimate of drug-likeness (QED) is 0.419. The van der Waals surface area contributed by atoms with Crippen LogP contribution in [0.25, 0.3) is 21.8 Å². The van der Waals surface area contributed by atoms with E-state index >= 15 is 0 Å². The molecule has 27 heavy (non-hydrogen) atoms. The van der Waals surface area contributed by atoms with Gasteiger partial charge in [-0.05, 0) is 53.9 Å². The summed E-state index contributed by atoms with van der Waals surface area (Å²) in [5.74, 6) is 0.813. The van der Waals surface area contributed by atoms with E-state index in [1.165, 1.54) is 11.1 Å². The maximum absolute atomic E-state index is 6.19. The van der Waals surface area contributed by atoms with Gasteiger partial charge in [0.15, 0.2) is 0 Å². The Morgan fingerprint density at radius 3 is 2.41 bits per heavy atom. The second kappa shape index (κ2) is 7.45. The first-order chi connectivity index (χ1) is 13.2. The number of anilines is 1. The molecule has 0 aliphatic rings. The Morgan fingerprint density at radius 2 is 1.67 bits per heavy atom. The predicted molar refractivity (Wildman–Crippen MR) is 114 cm³/mol. The molecule has 0 spiro atoms. The Kier molecular flexibility index (Phi) is 4.87. The van der Waals surface area contributed by atoms with Crippen molar-refractivity contribution in [1.29, 1.82) is 0 Å². The number of pyridine rings is 1. The third kappa shape index (κ3) is 3.56. The molecule has 1 heterocycles. The Labute approximate surface area is 163 Å². The minimum atomic E-state index is 0.684. The molecule has 4 aromatic rings. The third-order valence-electron chi connectivity index (χ3n) is 4.84. The van der Waals surface area contributed by atoms with E-state index in [9.17, 15) is 0 Å². The van der Waals surface area contributed by atoms with Crippen LogP contribution in [0.4, 0.5) is 5.69 Å². The first-order valence-electron chi connectivity index (χ1n) is 9.06. The number of hydrogen-bond acceptors (Lipinski definition) is 3. The Morgan fingerprint density at radius 1 is 0.889 bits per heavy atom. The second-order valence-corrected chi connectivity index (χ2v) is 6.99. The predicted octanol–water partition coefficient (Wildman–Crippen LogP) is 6.22. The van der Waals surface area contributed by atoms with Crippen molar-refractivity contribution in [3.8, 4) is 5.75 Å². The smallest absolute Gasteiger partial charge is 0.119 e. The molecule has 0 saturated carbocycles. The number of aryl methyl sites for hydroxylation is 1. The SMILES string of the molecule is CCc1ccc(CNc2c3ccc(Cl)cc3nc3ccc(OC)cc23)cc1. The minimum Gasteiger partial charge on any atom is -0.497 e. The van der Waals surface area contributed by atoms with Crippen LogP contribution >= 0.6 is 11.6 Å². The van der Waals surface area contributed by atoms with Crippen LogP contribution in [0, 0.1) is 0 Å². The van der Waals surface area contributed by atoms with Crippen LogP contribution in [-0.2, 0) is 13.0 Å². The number of halogens is 1. The molecule has 0 amide bonds. The van der Waals surface area contributed by atoms with Gasteiger partial charge in [-0.25, -0.2) is 4.98 Å². The first kappa shape index (κ1) is 17.6. The van der Waals surface area contributed by atoms with Crippen LogP contribution in [0.3, 0.4) is 0 Å². The number of rotatable bonds is 5. The molecule has 4 heteroatoms. The Bertz CT molecular complexity index is 1110. The van der Waals surface area contributed by atoms with Gasteiger partial charge < -0.3 is 10.1 Å². The van der Waals surface area contributed by atoms with Crippen molar-refractivity contribution < 1.29 is 4.74 Å². The summed E-state index contributed by atoms with van der Waals surface area (Å²) in [4.78, 5) is 4.77. The molecular formula is C23H21ClN2O. The van der Waals surface area contributed by atoms with Crippen molar-refractivity contribution in [2.75, 3.05) is 12.4 Å². The largest absolute Gasteiger partial charge is 0.497 e. The molecule has 3 aromatic carbocycles. The van der Waals surface area contributed by atoms with Crippen molar-refractivity contribution in [2.45, 2.75) is 19.9 Å². The molecular weight excluding hydrogens is 356 g/mol. The second-order valence-electron chi connectivity index (χ2n) is 6.55. The molecule has 0 aliphatic heterocycles. The van der Waals surface area contributed by atoms with Crippen LogP contribution < -0.4 is 10.1 Å². The van der Waals surface area contributed by atoms with Crippen molar-refractivity contribution in [3.05, 3.63) is 76.8 Å². The molecule has 1 aromatic heterocycles. The lowest BCUT2D eigenvalue weighted by Crippen LogP contribution is -2.02. The molecule has 1 N–H and O–H groups in total. The normalized spacial score (nSPS) is 11.1. The van der Waals surface area contributed by atoms with E-state index in [0.29, 0.717) is 5.02 Å². The van der Waals surface area contributed by atoms with Gasteiger partial charge in [-0.1, -0.05) is 42.8 Å². The van der Waals surface area contributed by atoms with Gasteiger partial charge in [0.2, 0.25) is 0 Å². The summed E-state index contributed by atoms with van der Waals surface area (Å²) in [6, 6.07) is 20.5. The Hall–Kier alpha value is -2.78. The first-order valence-corrected chi connectivity index (χ1v) is 9.44. The summed E-state index contributed by atoms with van der Waals surface area (Å²) in [6.45, 7) is 2.90. The maximum atomic E-state index is 6.19. The van der Waals surface area contributed by atoms with Gasteiger partial charge in [-0.15, -0.1) is 0 Å². The lowest BCUT2D eigenvalue weighted by Gasteiger charge is -2.14. The molecule has 0 bridgehead atoms. The minimum absolute atomic E-state index is 0.684. The van der Waals surface area contributed by atoms with E-state index in [1.807, 2.05) is 36.4 Å². The molecule has 4 rings (SSSR count).